The molecule has 0 fully saturated rings. The van der Waals surface area contributed by atoms with Crippen molar-refractivity contribution in [2.45, 2.75) is 0 Å². The molecule has 0 unspecified atom stereocenters. The minimum Gasteiger partial charge on any atom is -0.481 e. The van der Waals surface area contributed by atoms with Crippen molar-refractivity contribution in [3.05, 3.63) is 54.1 Å². The molecule has 0 radical (unpaired) electrons. The van der Waals surface area contributed by atoms with Gasteiger partial charge in [-0.15, -0.1) is 0 Å². The molecule has 3 aromatic rings. The lowest BCUT2D eigenvalue weighted by molar-refractivity contribution is 0.0539. The van der Waals surface area contributed by atoms with Crippen molar-refractivity contribution in [2.75, 3.05) is 42.5 Å². The SMILES string of the molecule is CONC(=O)c1c(Nc2ccc(OC)nc2N(C)S(C)(=O)=O)ccnc1Nc1ccc(F)cn1. The van der Waals surface area contributed by atoms with Crippen LogP contribution in [0.3, 0.4) is 0 Å². The zero-order valence-corrected chi connectivity index (χ0v) is 19.5. The summed E-state index contributed by atoms with van der Waals surface area (Å²) in [5.41, 5.74) is 2.74. The highest BCUT2D eigenvalue weighted by Crippen LogP contribution is 2.33. The number of carbonyl (C=O) groups is 1. The van der Waals surface area contributed by atoms with Gasteiger partial charge in [0.25, 0.3) is 5.91 Å². The fraction of sp³-hybridized carbons (Fsp3) is 0.200. The molecular formula is C20H22FN7O5S. The number of aromatic nitrogens is 3. The lowest BCUT2D eigenvalue weighted by Gasteiger charge is -2.21. The van der Waals surface area contributed by atoms with Crippen molar-refractivity contribution >= 4 is 44.8 Å². The van der Waals surface area contributed by atoms with Crippen molar-refractivity contribution in [3.63, 3.8) is 0 Å². The Hall–Kier alpha value is -4.04. The average molecular weight is 492 g/mol. The number of sulfonamides is 1. The number of ether oxygens (including phenoxy) is 1. The number of rotatable bonds is 9. The number of anilines is 5. The van der Waals surface area contributed by atoms with E-state index in [4.69, 9.17) is 9.57 Å². The zero-order chi connectivity index (χ0) is 24.9. The molecular weight excluding hydrogens is 469 g/mol. The van der Waals surface area contributed by atoms with Crippen LogP contribution < -0.4 is 25.2 Å². The molecule has 180 valence electrons. The van der Waals surface area contributed by atoms with E-state index in [1.807, 2.05) is 0 Å². The van der Waals surface area contributed by atoms with Crippen LogP contribution in [0.1, 0.15) is 10.4 Å². The number of pyridine rings is 3. The normalized spacial score (nSPS) is 11.0. The third-order valence-corrected chi connectivity index (χ3v) is 5.64. The van der Waals surface area contributed by atoms with Crippen LogP contribution in [-0.2, 0) is 14.9 Å². The van der Waals surface area contributed by atoms with Crippen LogP contribution in [0.25, 0.3) is 0 Å². The van der Waals surface area contributed by atoms with Crippen LogP contribution in [0.15, 0.2) is 42.7 Å². The molecule has 0 saturated carbocycles. The highest BCUT2D eigenvalue weighted by Gasteiger charge is 2.23. The Bertz CT molecular complexity index is 1290. The molecule has 3 aromatic heterocycles. The summed E-state index contributed by atoms with van der Waals surface area (Å²) in [7, 11) is 0.330. The zero-order valence-electron chi connectivity index (χ0n) is 18.7. The molecule has 0 spiro atoms. The molecule has 3 rings (SSSR count). The first kappa shape index (κ1) is 24.6. The second-order valence-corrected chi connectivity index (χ2v) is 8.80. The van der Waals surface area contributed by atoms with Gasteiger partial charge in [0.15, 0.2) is 5.82 Å². The molecule has 3 heterocycles. The van der Waals surface area contributed by atoms with E-state index in [9.17, 15) is 17.6 Å². The molecule has 0 aliphatic carbocycles. The second kappa shape index (κ2) is 10.3. The molecule has 0 aliphatic heterocycles. The lowest BCUT2D eigenvalue weighted by Crippen LogP contribution is -2.27. The number of hydroxylamine groups is 1. The summed E-state index contributed by atoms with van der Waals surface area (Å²) in [4.78, 5) is 29.9. The number of hydrogen-bond acceptors (Lipinski definition) is 10. The molecule has 12 nitrogen and oxygen atoms in total. The third-order valence-electron chi connectivity index (χ3n) is 4.47. The van der Waals surface area contributed by atoms with Crippen molar-refractivity contribution in [2.24, 2.45) is 0 Å². The maximum atomic E-state index is 13.2. The summed E-state index contributed by atoms with van der Waals surface area (Å²) < 4.78 is 43.6. The molecule has 0 aromatic carbocycles. The van der Waals surface area contributed by atoms with Gasteiger partial charge in [-0.1, -0.05) is 0 Å². The Balaban J connectivity index is 2.09. The molecule has 0 saturated heterocycles. The van der Waals surface area contributed by atoms with Crippen LogP contribution in [0.5, 0.6) is 5.88 Å². The number of nitrogens with zero attached hydrogens (tertiary/aromatic N) is 4. The largest absolute Gasteiger partial charge is 0.481 e. The van der Waals surface area contributed by atoms with Crippen LogP contribution >= 0.6 is 0 Å². The number of methoxy groups -OCH3 is 1. The molecule has 3 N–H and O–H groups in total. The summed E-state index contributed by atoms with van der Waals surface area (Å²) >= 11 is 0. The van der Waals surface area contributed by atoms with Crippen LogP contribution in [-0.4, -0.2) is 56.8 Å². The van der Waals surface area contributed by atoms with Crippen LogP contribution in [0.2, 0.25) is 0 Å². The van der Waals surface area contributed by atoms with E-state index < -0.39 is 21.7 Å². The van der Waals surface area contributed by atoms with Gasteiger partial charge in [0.05, 0.1) is 38.0 Å². The van der Waals surface area contributed by atoms with E-state index in [1.54, 1.807) is 6.07 Å². The minimum absolute atomic E-state index is 0.0132. The quantitative estimate of drug-likeness (QED) is 0.381. The predicted octanol–water partition coefficient (Wildman–Crippen LogP) is 2.19. The van der Waals surface area contributed by atoms with Gasteiger partial charge in [0, 0.05) is 19.3 Å². The second-order valence-electron chi connectivity index (χ2n) is 6.78. The molecule has 1 amide bonds. The predicted molar refractivity (Wildman–Crippen MR) is 124 cm³/mol. The summed E-state index contributed by atoms with van der Waals surface area (Å²) in [6.07, 6.45) is 3.45. The van der Waals surface area contributed by atoms with Crippen molar-refractivity contribution < 1.29 is 27.2 Å². The Morgan fingerprint density at radius 1 is 1.06 bits per heavy atom. The van der Waals surface area contributed by atoms with Gasteiger partial charge in [-0.3, -0.25) is 13.9 Å². The van der Waals surface area contributed by atoms with E-state index in [1.165, 1.54) is 51.7 Å². The molecule has 0 atom stereocenters. The number of nitrogens with one attached hydrogen (secondary N) is 3. The number of amides is 1. The monoisotopic (exact) mass is 491 g/mol. The van der Waals surface area contributed by atoms with Gasteiger partial charge in [-0.05, 0) is 24.3 Å². The van der Waals surface area contributed by atoms with Crippen LogP contribution in [0, 0.1) is 5.82 Å². The first-order valence-corrected chi connectivity index (χ1v) is 11.5. The molecule has 34 heavy (non-hydrogen) atoms. The van der Waals surface area contributed by atoms with E-state index in [-0.39, 0.29) is 40.3 Å². The van der Waals surface area contributed by atoms with Gasteiger partial charge in [0.1, 0.15) is 23.0 Å². The highest BCUT2D eigenvalue weighted by molar-refractivity contribution is 7.92. The van der Waals surface area contributed by atoms with Crippen LogP contribution in [0.4, 0.5) is 33.2 Å². The van der Waals surface area contributed by atoms with Crippen molar-refractivity contribution in [3.8, 4) is 5.88 Å². The van der Waals surface area contributed by atoms with Gasteiger partial charge in [-0.25, -0.2) is 28.3 Å². The van der Waals surface area contributed by atoms with Gasteiger partial charge in [-0.2, -0.15) is 4.98 Å². The summed E-state index contributed by atoms with van der Waals surface area (Å²) in [5, 5.41) is 5.88. The maximum Gasteiger partial charge on any atom is 0.280 e. The number of hydrogen-bond donors (Lipinski definition) is 3. The Kier molecular flexibility index (Phi) is 7.43. The van der Waals surface area contributed by atoms with E-state index >= 15 is 0 Å². The Labute approximate surface area is 195 Å². The Morgan fingerprint density at radius 3 is 2.44 bits per heavy atom. The van der Waals surface area contributed by atoms with Gasteiger partial charge >= 0.3 is 0 Å². The summed E-state index contributed by atoms with van der Waals surface area (Å²) in [5.74, 6) is -0.651. The first-order valence-electron chi connectivity index (χ1n) is 9.61. The topological polar surface area (TPSA) is 148 Å². The number of carbonyl (C=O) groups excluding carboxylic acids is 1. The smallest absolute Gasteiger partial charge is 0.280 e. The standard InChI is InChI=1S/C20H22FN7O5S/c1-28(34(4,30)31)19-14(6-8-16(26-19)32-2)24-13-9-10-22-18(17(13)20(29)27-33-3)25-15-7-5-12(21)11-23-15/h5-11H,1-4H3,(H,27,29)(H2,22,23,24,25). The maximum absolute atomic E-state index is 13.2. The fourth-order valence-electron chi connectivity index (χ4n) is 2.79. The van der Waals surface area contributed by atoms with Crippen molar-refractivity contribution in [1.82, 2.24) is 20.4 Å². The minimum atomic E-state index is -3.67. The molecule has 14 heteroatoms. The third kappa shape index (κ3) is 5.65. The molecule has 0 bridgehead atoms. The fourth-order valence-corrected chi connectivity index (χ4v) is 3.24. The first-order chi connectivity index (χ1) is 16.1. The summed E-state index contributed by atoms with van der Waals surface area (Å²) in [6.45, 7) is 0. The van der Waals surface area contributed by atoms with Gasteiger partial charge < -0.3 is 15.4 Å². The van der Waals surface area contributed by atoms with Gasteiger partial charge in [0.2, 0.25) is 15.9 Å². The highest BCUT2D eigenvalue weighted by atomic mass is 32.2. The van der Waals surface area contributed by atoms with E-state index in [0.29, 0.717) is 0 Å². The molecule has 0 aliphatic rings. The number of halogens is 1. The summed E-state index contributed by atoms with van der Waals surface area (Å²) in [6, 6.07) is 7.15. The Morgan fingerprint density at radius 2 is 1.82 bits per heavy atom. The van der Waals surface area contributed by atoms with Crippen molar-refractivity contribution in [1.29, 1.82) is 0 Å². The van der Waals surface area contributed by atoms with E-state index in [2.05, 4.69) is 31.1 Å². The van der Waals surface area contributed by atoms with E-state index in [0.717, 1.165) is 16.8 Å². The lowest BCUT2D eigenvalue weighted by atomic mass is 10.2. The average Bonchev–Trinajstić information content (AvgIpc) is 2.80.